The predicted molar refractivity (Wildman–Crippen MR) is 58.7 cm³/mol. The van der Waals surface area contributed by atoms with Crippen LogP contribution in [0.25, 0.3) is 0 Å². The molecule has 2 rings (SSSR count). The number of nitrogens with two attached hydrogens (primary N) is 1. The number of hydrogen-bond donors (Lipinski definition) is 1. The fraction of sp³-hybridized carbons (Fsp3) is 0.455. The average molecular weight is 228 g/mol. The molecule has 2 atom stereocenters. The van der Waals surface area contributed by atoms with Crippen LogP contribution in [0.15, 0.2) is 24.3 Å². The van der Waals surface area contributed by atoms with E-state index in [0.29, 0.717) is 13.2 Å². The van der Waals surface area contributed by atoms with E-state index in [2.05, 4.69) is 0 Å². The first-order valence-electron chi connectivity index (χ1n) is 5.03. The molecule has 1 aliphatic heterocycles. The fourth-order valence-electron chi connectivity index (χ4n) is 1.64. The Morgan fingerprint density at radius 1 is 1.40 bits per heavy atom. The van der Waals surface area contributed by atoms with E-state index in [1.54, 1.807) is 0 Å². The SMILES string of the molecule is NCCC1OCC(c2ccccc2Cl)O1. The first-order chi connectivity index (χ1) is 7.31. The normalized spacial score (nSPS) is 25.7. The minimum absolute atomic E-state index is 0.0600. The van der Waals surface area contributed by atoms with Crippen LogP contribution >= 0.6 is 11.6 Å². The van der Waals surface area contributed by atoms with Crippen molar-refractivity contribution in [2.45, 2.75) is 18.8 Å². The average Bonchev–Trinajstić information content (AvgIpc) is 2.68. The zero-order valence-electron chi connectivity index (χ0n) is 8.36. The largest absolute Gasteiger partial charge is 0.350 e. The van der Waals surface area contributed by atoms with Crippen LogP contribution < -0.4 is 5.73 Å². The molecule has 0 aliphatic carbocycles. The van der Waals surface area contributed by atoms with Crippen LogP contribution in [-0.4, -0.2) is 19.4 Å². The summed E-state index contributed by atoms with van der Waals surface area (Å²) in [5.74, 6) is 0. The third-order valence-electron chi connectivity index (χ3n) is 2.40. The van der Waals surface area contributed by atoms with Crippen molar-refractivity contribution in [2.75, 3.05) is 13.2 Å². The van der Waals surface area contributed by atoms with Gasteiger partial charge in [-0.05, 0) is 12.6 Å². The van der Waals surface area contributed by atoms with Crippen LogP contribution in [-0.2, 0) is 9.47 Å². The molecule has 3 nitrogen and oxygen atoms in total. The van der Waals surface area contributed by atoms with Crippen molar-refractivity contribution in [1.29, 1.82) is 0 Å². The molecule has 15 heavy (non-hydrogen) atoms. The maximum Gasteiger partial charge on any atom is 0.159 e. The summed E-state index contributed by atoms with van der Waals surface area (Å²) in [4.78, 5) is 0. The van der Waals surface area contributed by atoms with Crippen LogP contribution in [0.4, 0.5) is 0 Å². The third kappa shape index (κ3) is 2.49. The molecule has 1 aliphatic rings. The second kappa shape index (κ2) is 4.94. The van der Waals surface area contributed by atoms with Gasteiger partial charge >= 0.3 is 0 Å². The van der Waals surface area contributed by atoms with E-state index in [1.165, 1.54) is 0 Å². The molecular weight excluding hydrogens is 214 g/mol. The van der Waals surface area contributed by atoms with E-state index in [1.807, 2.05) is 24.3 Å². The molecule has 1 saturated heterocycles. The van der Waals surface area contributed by atoms with E-state index in [9.17, 15) is 0 Å². The van der Waals surface area contributed by atoms with E-state index in [4.69, 9.17) is 26.8 Å². The number of halogens is 1. The highest BCUT2D eigenvalue weighted by Crippen LogP contribution is 2.31. The summed E-state index contributed by atoms with van der Waals surface area (Å²) < 4.78 is 11.1. The van der Waals surface area contributed by atoms with Gasteiger partial charge in [0.2, 0.25) is 0 Å². The summed E-state index contributed by atoms with van der Waals surface area (Å²) in [7, 11) is 0. The van der Waals surface area contributed by atoms with Crippen molar-refractivity contribution in [3.63, 3.8) is 0 Å². The lowest BCUT2D eigenvalue weighted by atomic mass is 10.1. The topological polar surface area (TPSA) is 44.5 Å². The van der Waals surface area contributed by atoms with Crippen molar-refractivity contribution in [2.24, 2.45) is 5.73 Å². The number of ether oxygens (including phenoxy) is 2. The molecule has 0 spiro atoms. The summed E-state index contributed by atoms with van der Waals surface area (Å²) in [6.07, 6.45) is 0.479. The van der Waals surface area contributed by atoms with Crippen molar-refractivity contribution in [3.05, 3.63) is 34.9 Å². The molecule has 0 bridgehead atoms. The summed E-state index contributed by atoms with van der Waals surface area (Å²) in [5, 5.41) is 0.722. The molecule has 1 aromatic rings. The van der Waals surface area contributed by atoms with Gasteiger partial charge in [-0.2, -0.15) is 0 Å². The lowest BCUT2D eigenvalue weighted by Gasteiger charge is -2.11. The van der Waals surface area contributed by atoms with Crippen molar-refractivity contribution in [3.8, 4) is 0 Å². The molecule has 0 saturated carbocycles. The van der Waals surface area contributed by atoms with Gasteiger partial charge in [-0.25, -0.2) is 0 Å². The second-order valence-electron chi connectivity index (χ2n) is 3.49. The molecule has 2 N–H and O–H groups in total. The smallest absolute Gasteiger partial charge is 0.159 e. The van der Waals surface area contributed by atoms with Crippen LogP contribution in [0.1, 0.15) is 18.1 Å². The molecule has 2 unspecified atom stereocenters. The van der Waals surface area contributed by atoms with Crippen LogP contribution in [0.2, 0.25) is 5.02 Å². The van der Waals surface area contributed by atoms with Gasteiger partial charge in [0.1, 0.15) is 6.10 Å². The van der Waals surface area contributed by atoms with Gasteiger partial charge in [-0.15, -0.1) is 0 Å². The molecule has 1 aromatic carbocycles. The highest BCUT2D eigenvalue weighted by atomic mass is 35.5. The lowest BCUT2D eigenvalue weighted by Crippen LogP contribution is -2.14. The van der Waals surface area contributed by atoms with Crippen LogP contribution in [0, 0.1) is 0 Å². The Kier molecular flexibility index (Phi) is 3.59. The Hall–Kier alpha value is -0.610. The molecule has 0 radical (unpaired) electrons. The molecule has 4 heteroatoms. The summed E-state index contributed by atoms with van der Waals surface area (Å²) >= 11 is 6.07. The standard InChI is InChI=1S/C11H14ClNO2/c12-9-4-2-1-3-8(9)10-7-14-11(15-10)5-6-13/h1-4,10-11H,5-7,13H2. The van der Waals surface area contributed by atoms with Gasteiger partial charge in [0.25, 0.3) is 0 Å². The third-order valence-corrected chi connectivity index (χ3v) is 2.75. The Morgan fingerprint density at radius 2 is 2.20 bits per heavy atom. The molecule has 1 heterocycles. The Morgan fingerprint density at radius 3 is 2.93 bits per heavy atom. The van der Waals surface area contributed by atoms with Crippen LogP contribution in [0.3, 0.4) is 0 Å². The summed E-state index contributed by atoms with van der Waals surface area (Å²) in [5.41, 5.74) is 6.42. The van der Waals surface area contributed by atoms with Crippen molar-refractivity contribution < 1.29 is 9.47 Å². The van der Waals surface area contributed by atoms with Crippen molar-refractivity contribution >= 4 is 11.6 Å². The summed E-state index contributed by atoms with van der Waals surface area (Å²) in [6, 6.07) is 7.66. The molecule has 0 aromatic heterocycles. The fourth-order valence-corrected chi connectivity index (χ4v) is 1.90. The van der Waals surface area contributed by atoms with Crippen LogP contribution in [0.5, 0.6) is 0 Å². The van der Waals surface area contributed by atoms with Gasteiger partial charge in [-0.1, -0.05) is 29.8 Å². The van der Waals surface area contributed by atoms with E-state index in [0.717, 1.165) is 17.0 Å². The molecule has 0 amide bonds. The van der Waals surface area contributed by atoms with E-state index < -0.39 is 0 Å². The maximum atomic E-state index is 6.07. The first-order valence-corrected chi connectivity index (χ1v) is 5.40. The number of rotatable bonds is 3. The van der Waals surface area contributed by atoms with E-state index >= 15 is 0 Å². The number of benzene rings is 1. The van der Waals surface area contributed by atoms with Gasteiger partial charge in [-0.3, -0.25) is 0 Å². The Balaban J connectivity index is 2.04. The lowest BCUT2D eigenvalue weighted by molar-refractivity contribution is -0.0606. The highest BCUT2D eigenvalue weighted by molar-refractivity contribution is 6.31. The van der Waals surface area contributed by atoms with E-state index in [-0.39, 0.29) is 12.4 Å². The minimum Gasteiger partial charge on any atom is -0.350 e. The quantitative estimate of drug-likeness (QED) is 0.860. The summed E-state index contributed by atoms with van der Waals surface area (Å²) in [6.45, 7) is 1.12. The van der Waals surface area contributed by atoms with Crippen molar-refractivity contribution in [1.82, 2.24) is 0 Å². The Bertz CT molecular complexity index is 332. The molecule has 1 fully saturated rings. The van der Waals surface area contributed by atoms with Gasteiger partial charge in [0.05, 0.1) is 6.61 Å². The highest BCUT2D eigenvalue weighted by Gasteiger charge is 2.27. The Labute approximate surface area is 94.1 Å². The zero-order valence-corrected chi connectivity index (χ0v) is 9.11. The van der Waals surface area contributed by atoms with Gasteiger partial charge in [0.15, 0.2) is 6.29 Å². The molecule has 82 valence electrons. The van der Waals surface area contributed by atoms with Gasteiger partial charge in [0, 0.05) is 17.0 Å². The first kappa shape index (κ1) is 10.9. The zero-order chi connectivity index (χ0) is 10.7. The number of hydrogen-bond acceptors (Lipinski definition) is 3. The van der Waals surface area contributed by atoms with Gasteiger partial charge < -0.3 is 15.2 Å². The maximum absolute atomic E-state index is 6.07. The molecular formula is C11H14ClNO2. The monoisotopic (exact) mass is 227 g/mol. The minimum atomic E-state index is -0.184. The second-order valence-corrected chi connectivity index (χ2v) is 3.89. The predicted octanol–water partition coefficient (Wildman–Crippen LogP) is 2.10.